The van der Waals surface area contributed by atoms with E-state index in [4.69, 9.17) is 5.11 Å². The Morgan fingerprint density at radius 1 is 1.22 bits per heavy atom. The van der Waals surface area contributed by atoms with Crippen molar-refractivity contribution in [3.63, 3.8) is 0 Å². The second-order valence-electron chi connectivity index (χ2n) is 4.83. The van der Waals surface area contributed by atoms with Gasteiger partial charge in [-0.3, -0.25) is 0 Å². The summed E-state index contributed by atoms with van der Waals surface area (Å²) in [5, 5.41) is 12.1. The molecule has 1 unspecified atom stereocenters. The van der Waals surface area contributed by atoms with Crippen LogP contribution < -0.4 is 5.32 Å². The zero-order valence-electron chi connectivity index (χ0n) is 11.2. The van der Waals surface area contributed by atoms with Crippen molar-refractivity contribution in [1.82, 2.24) is 5.32 Å². The molecule has 0 aliphatic carbocycles. The largest absolute Gasteiger partial charge is 0.396 e. The molecule has 2 nitrogen and oxygen atoms in total. The minimum absolute atomic E-state index is 0.163. The lowest BCUT2D eigenvalue weighted by Gasteiger charge is -2.13. The molecule has 0 radical (unpaired) electrons. The van der Waals surface area contributed by atoms with Gasteiger partial charge in [0, 0.05) is 12.6 Å². The molecule has 3 heteroatoms. The van der Waals surface area contributed by atoms with Crippen LogP contribution in [0.2, 0.25) is 0 Å². The monoisotopic (exact) mass is 253 g/mol. The summed E-state index contributed by atoms with van der Waals surface area (Å²) in [6, 6.07) is 7.15. The van der Waals surface area contributed by atoms with Gasteiger partial charge in [0.2, 0.25) is 0 Å². The summed E-state index contributed by atoms with van der Waals surface area (Å²) in [4.78, 5) is 0. The molecule has 0 saturated heterocycles. The first-order valence-corrected chi connectivity index (χ1v) is 6.81. The normalized spacial score (nSPS) is 12.6. The van der Waals surface area contributed by atoms with Crippen molar-refractivity contribution in [3.8, 4) is 0 Å². The summed E-state index contributed by atoms with van der Waals surface area (Å²) in [5.41, 5.74) is 1.04. The number of hydrogen-bond acceptors (Lipinski definition) is 2. The Balaban J connectivity index is 2.12. The molecule has 0 fully saturated rings. The first kappa shape index (κ1) is 15.1. The molecule has 2 N–H and O–H groups in total. The van der Waals surface area contributed by atoms with Crippen LogP contribution in [-0.2, 0) is 6.42 Å². The summed E-state index contributed by atoms with van der Waals surface area (Å²) in [6.07, 6.45) is 5.14. The van der Waals surface area contributed by atoms with Crippen molar-refractivity contribution in [2.45, 2.75) is 45.1 Å². The Bertz CT molecular complexity index is 330. The third-order valence-corrected chi connectivity index (χ3v) is 3.01. The fraction of sp³-hybridized carbons (Fsp3) is 0.600. The van der Waals surface area contributed by atoms with E-state index in [2.05, 4.69) is 12.2 Å². The molecule has 1 aromatic carbocycles. The average Bonchev–Trinajstić information content (AvgIpc) is 2.33. The quantitative estimate of drug-likeness (QED) is 0.663. The van der Waals surface area contributed by atoms with Gasteiger partial charge >= 0.3 is 0 Å². The van der Waals surface area contributed by atoms with E-state index in [-0.39, 0.29) is 5.82 Å². The number of unbranched alkanes of at least 4 members (excludes halogenated alkanes) is 3. The number of nitrogens with one attached hydrogen (secondary N) is 1. The fourth-order valence-electron chi connectivity index (χ4n) is 2.03. The van der Waals surface area contributed by atoms with E-state index in [1.54, 1.807) is 12.1 Å². The van der Waals surface area contributed by atoms with E-state index < -0.39 is 0 Å². The van der Waals surface area contributed by atoms with Crippen molar-refractivity contribution >= 4 is 0 Å². The van der Waals surface area contributed by atoms with Crippen LogP contribution in [0.5, 0.6) is 0 Å². The summed E-state index contributed by atoms with van der Waals surface area (Å²) in [6.45, 7) is 3.41. The predicted molar refractivity (Wildman–Crippen MR) is 73.1 cm³/mol. The lowest BCUT2D eigenvalue weighted by molar-refractivity contribution is 0.282. The van der Waals surface area contributed by atoms with Crippen LogP contribution in [0.3, 0.4) is 0 Å². The molecule has 0 aliphatic rings. The van der Waals surface area contributed by atoms with Gasteiger partial charge in [0.05, 0.1) is 0 Å². The lowest BCUT2D eigenvalue weighted by atomic mass is 10.1. The van der Waals surface area contributed by atoms with Crippen LogP contribution in [0, 0.1) is 5.82 Å². The zero-order valence-corrected chi connectivity index (χ0v) is 11.2. The van der Waals surface area contributed by atoms with Gasteiger partial charge in [-0.25, -0.2) is 4.39 Å². The molecular formula is C15H24FNO. The van der Waals surface area contributed by atoms with E-state index >= 15 is 0 Å². The molecule has 0 aliphatic heterocycles. The molecule has 18 heavy (non-hydrogen) atoms. The van der Waals surface area contributed by atoms with Crippen LogP contribution in [-0.4, -0.2) is 24.3 Å². The van der Waals surface area contributed by atoms with Gasteiger partial charge in [0.1, 0.15) is 5.82 Å². The van der Waals surface area contributed by atoms with Gasteiger partial charge in [-0.15, -0.1) is 0 Å². The van der Waals surface area contributed by atoms with Gasteiger partial charge in [-0.2, -0.15) is 0 Å². The number of hydrogen-bond donors (Lipinski definition) is 2. The number of aliphatic hydroxyl groups excluding tert-OH is 1. The van der Waals surface area contributed by atoms with E-state index in [9.17, 15) is 4.39 Å². The van der Waals surface area contributed by atoms with Gasteiger partial charge in [-0.05, 0) is 50.4 Å². The van der Waals surface area contributed by atoms with E-state index in [1.165, 1.54) is 6.07 Å². The van der Waals surface area contributed by atoms with E-state index in [0.717, 1.165) is 44.2 Å². The van der Waals surface area contributed by atoms with Gasteiger partial charge in [0.25, 0.3) is 0 Å². The number of rotatable bonds is 9. The molecule has 0 saturated carbocycles. The molecule has 0 amide bonds. The van der Waals surface area contributed by atoms with Crippen molar-refractivity contribution in [2.24, 2.45) is 0 Å². The molecular weight excluding hydrogens is 229 g/mol. The predicted octanol–water partition coefficient (Wildman–Crippen LogP) is 2.90. The lowest BCUT2D eigenvalue weighted by Crippen LogP contribution is -2.29. The Morgan fingerprint density at radius 2 is 2.00 bits per heavy atom. The number of benzene rings is 1. The SMILES string of the molecule is CC(Cc1cccc(F)c1)NCCCCCCO. The van der Waals surface area contributed by atoms with Crippen LogP contribution in [0.1, 0.15) is 38.2 Å². The molecule has 102 valence electrons. The maximum absolute atomic E-state index is 13.0. The Kier molecular flexibility index (Phi) is 7.62. The minimum Gasteiger partial charge on any atom is -0.396 e. The Labute approximate surface area is 109 Å². The van der Waals surface area contributed by atoms with E-state index in [1.807, 2.05) is 6.07 Å². The highest BCUT2D eigenvalue weighted by Gasteiger charge is 2.03. The third kappa shape index (κ3) is 6.72. The Hall–Kier alpha value is -0.930. The third-order valence-electron chi connectivity index (χ3n) is 3.01. The van der Waals surface area contributed by atoms with Crippen LogP contribution in [0.15, 0.2) is 24.3 Å². The smallest absolute Gasteiger partial charge is 0.123 e. The first-order chi connectivity index (χ1) is 8.72. The molecule has 1 atom stereocenters. The second-order valence-corrected chi connectivity index (χ2v) is 4.83. The second kappa shape index (κ2) is 9.06. The van der Waals surface area contributed by atoms with Gasteiger partial charge in [-0.1, -0.05) is 25.0 Å². The fourth-order valence-corrected chi connectivity index (χ4v) is 2.03. The molecule has 1 rings (SSSR count). The summed E-state index contributed by atoms with van der Waals surface area (Å²) < 4.78 is 13.0. The highest BCUT2D eigenvalue weighted by atomic mass is 19.1. The van der Waals surface area contributed by atoms with Crippen molar-refractivity contribution < 1.29 is 9.50 Å². The van der Waals surface area contributed by atoms with Crippen LogP contribution in [0.25, 0.3) is 0 Å². The van der Waals surface area contributed by atoms with Crippen molar-refractivity contribution in [2.75, 3.05) is 13.2 Å². The first-order valence-electron chi connectivity index (χ1n) is 6.81. The summed E-state index contributed by atoms with van der Waals surface area (Å²) in [5.74, 6) is -0.163. The maximum Gasteiger partial charge on any atom is 0.123 e. The maximum atomic E-state index is 13.0. The summed E-state index contributed by atoms with van der Waals surface area (Å²) >= 11 is 0. The minimum atomic E-state index is -0.163. The topological polar surface area (TPSA) is 32.3 Å². The number of halogens is 1. The van der Waals surface area contributed by atoms with E-state index in [0.29, 0.717) is 12.6 Å². The molecule has 0 aromatic heterocycles. The Morgan fingerprint density at radius 3 is 2.72 bits per heavy atom. The highest BCUT2D eigenvalue weighted by Crippen LogP contribution is 2.06. The molecule has 0 spiro atoms. The standard InChI is InChI=1S/C15H24FNO/c1-13(17-9-4-2-3-5-10-18)11-14-7-6-8-15(16)12-14/h6-8,12-13,17-18H,2-5,9-11H2,1H3. The van der Waals surface area contributed by atoms with Crippen molar-refractivity contribution in [1.29, 1.82) is 0 Å². The van der Waals surface area contributed by atoms with Gasteiger partial charge in [0.15, 0.2) is 0 Å². The molecule has 1 aromatic rings. The van der Waals surface area contributed by atoms with Crippen LogP contribution in [0.4, 0.5) is 4.39 Å². The zero-order chi connectivity index (χ0) is 13.2. The van der Waals surface area contributed by atoms with Crippen molar-refractivity contribution in [3.05, 3.63) is 35.6 Å². The van der Waals surface area contributed by atoms with Gasteiger partial charge < -0.3 is 10.4 Å². The number of aliphatic hydroxyl groups is 1. The highest BCUT2D eigenvalue weighted by molar-refractivity contribution is 5.17. The average molecular weight is 253 g/mol. The molecule has 0 bridgehead atoms. The molecule has 0 heterocycles. The summed E-state index contributed by atoms with van der Waals surface area (Å²) in [7, 11) is 0. The van der Waals surface area contributed by atoms with Crippen LogP contribution >= 0.6 is 0 Å².